The molecule has 0 radical (unpaired) electrons. The first-order valence-electron chi connectivity index (χ1n) is 12.1. The Morgan fingerprint density at radius 2 is 1.94 bits per heavy atom. The van der Waals surface area contributed by atoms with Crippen LogP contribution in [0.3, 0.4) is 0 Å². The largest absolute Gasteiger partial charge is 0.497 e. The van der Waals surface area contributed by atoms with Gasteiger partial charge >= 0.3 is 0 Å². The molecule has 5 rings (SSSR count). The molecule has 2 aromatic carbocycles. The fourth-order valence-corrected chi connectivity index (χ4v) is 5.91. The number of halogens is 1. The van der Waals surface area contributed by atoms with Crippen molar-refractivity contribution in [3.05, 3.63) is 77.0 Å². The average molecular weight is 478 g/mol. The summed E-state index contributed by atoms with van der Waals surface area (Å²) < 4.78 is 5.40. The van der Waals surface area contributed by atoms with Crippen LogP contribution in [0, 0.1) is 0 Å². The molecule has 5 nitrogen and oxygen atoms in total. The number of rotatable bonds is 8. The molecule has 0 aliphatic carbocycles. The van der Waals surface area contributed by atoms with Gasteiger partial charge in [0.1, 0.15) is 12.0 Å². The van der Waals surface area contributed by atoms with Crippen molar-refractivity contribution in [2.24, 2.45) is 0 Å². The fraction of sp³-hybridized carbons (Fsp3) is 0.393. The van der Waals surface area contributed by atoms with E-state index in [2.05, 4.69) is 51.6 Å². The lowest BCUT2D eigenvalue weighted by Crippen LogP contribution is -2.53. The smallest absolute Gasteiger partial charge is 0.119 e. The molecule has 3 unspecified atom stereocenters. The number of aliphatic hydroxyl groups is 1. The number of hydrogen-bond acceptors (Lipinski definition) is 5. The molecule has 3 heterocycles. The van der Waals surface area contributed by atoms with Gasteiger partial charge in [-0.2, -0.15) is 0 Å². The Hall–Kier alpha value is -2.44. The average Bonchev–Trinajstić information content (AvgIpc) is 3.14. The fourth-order valence-electron chi connectivity index (χ4n) is 5.69. The second-order valence-electron chi connectivity index (χ2n) is 9.37. The maximum absolute atomic E-state index is 11.3. The molecule has 2 aliphatic heterocycles. The summed E-state index contributed by atoms with van der Waals surface area (Å²) in [6.07, 6.45) is 10.4. The summed E-state index contributed by atoms with van der Waals surface area (Å²) in [4.78, 5) is 6.78. The van der Waals surface area contributed by atoms with Crippen LogP contribution >= 0.6 is 11.6 Å². The van der Waals surface area contributed by atoms with Crippen LogP contribution in [0.25, 0.3) is 17.0 Å². The van der Waals surface area contributed by atoms with E-state index in [-0.39, 0.29) is 0 Å². The summed E-state index contributed by atoms with van der Waals surface area (Å²) in [6.45, 7) is 0.863. The SMILES string of the molecule is COc1ccc2ncc(Cl)c(CC(O)N3C4CCC3CC(NC/C=C/c3ccccc3)C4)c2c1. The van der Waals surface area contributed by atoms with Gasteiger partial charge in [0.05, 0.1) is 17.6 Å². The van der Waals surface area contributed by atoms with Gasteiger partial charge in [-0.15, -0.1) is 0 Å². The molecule has 2 bridgehead atoms. The van der Waals surface area contributed by atoms with E-state index in [4.69, 9.17) is 16.3 Å². The molecule has 0 spiro atoms. The minimum Gasteiger partial charge on any atom is -0.497 e. The van der Waals surface area contributed by atoms with Crippen molar-refractivity contribution in [2.45, 2.75) is 56.5 Å². The first-order valence-corrected chi connectivity index (χ1v) is 12.5. The second kappa shape index (κ2) is 10.4. The lowest BCUT2D eigenvalue weighted by atomic mass is 9.95. The van der Waals surface area contributed by atoms with E-state index in [1.54, 1.807) is 13.3 Å². The van der Waals surface area contributed by atoms with Gasteiger partial charge in [0.25, 0.3) is 0 Å². The zero-order valence-electron chi connectivity index (χ0n) is 19.5. The Bertz CT molecular complexity index is 1140. The second-order valence-corrected chi connectivity index (χ2v) is 9.78. The molecular weight excluding hydrogens is 446 g/mol. The summed E-state index contributed by atoms with van der Waals surface area (Å²) in [5.41, 5.74) is 3.02. The molecular formula is C28H32ClN3O2. The summed E-state index contributed by atoms with van der Waals surface area (Å²) in [5, 5.41) is 16.6. The van der Waals surface area contributed by atoms with Gasteiger partial charge < -0.3 is 15.2 Å². The van der Waals surface area contributed by atoms with Crippen LogP contribution in [0.2, 0.25) is 5.02 Å². The van der Waals surface area contributed by atoms with E-state index in [0.29, 0.717) is 29.6 Å². The Kier molecular flexibility index (Phi) is 7.16. The minimum atomic E-state index is -0.564. The number of methoxy groups -OCH3 is 1. The van der Waals surface area contributed by atoms with Crippen LogP contribution in [0.5, 0.6) is 5.75 Å². The highest BCUT2D eigenvalue weighted by Gasteiger charge is 2.43. The van der Waals surface area contributed by atoms with Crippen LogP contribution in [0.15, 0.2) is 60.8 Å². The lowest BCUT2D eigenvalue weighted by Gasteiger charge is -2.42. The van der Waals surface area contributed by atoms with Crippen LogP contribution in [0.4, 0.5) is 0 Å². The Labute approximate surface area is 206 Å². The van der Waals surface area contributed by atoms with E-state index in [9.17, 15) is 5.11 Å². The van der Waals surface area contributed by atoms with Crippen molar-refractivity contribution in [3.8, 4) is 5.75 Å². The maximum atomic E-state index is 11.3. The topological polar surface area (TPSA) is 57.6 Å². The van der Waals surface area contributed by atoms with Gasteiger partial charge in [0.15, 0.2) is 0 Å². The number of hydrogen-bond donors (Lipinski definition) is 2. The van der Waals surface area contributed by atoms with Crippen molar-refractivity contribution in [3.63, 3.8) is 0 Å². The van der Waals surface area contributed by atoms with E-state index in [0.717, 1.165) is 54.4 Å². The third-order valence-electron chi connectivity index (χ3n) is 7.29. The van der Waals surface area contributed by atoms with Crippen molar-refractivity contribution in [2.75, 3.05) is 13.7 Å². The zero-order valence-corrected chi connectivity index (χ0v) is 20.3. The minimum absolute atomic E-state index is 0.394. The summed E-state index contributed by atoms with van der Waals surface area (Å²) >= 11 is 6.56. The number of aliphatic hydroxyl groups excluding tert-OH is 1. The van der Waals surface area contributed by atoms with Crippen molar-refractivity contribution >= 4 is 28.6 Å². The Morgan fingerprint density at radius 1 is 1.18 bits per heavy atom. The molecule has 0 amide bonds. The number of nitrogens with one attached hydrogen (secondary N) is 1. The molecule has 2 fully saturated rings. The number of ether oxygens (including phenoxy) is 1. The highest BCUT2D eigenvalue weighted by Crippen LogP contribution is 2.38. The van der Waals surface area contributed by atoms with Gasteiger partial charge in [0, 0.05) is 42.7 Å². The van der Waals surface area contributed by atoms with Crippen molar-refractivity contribution in [1.82, 2.24) is 15.2 Å². The van der Waals surface area contributed by atoms with Gasteiger partial charge in [-0.3, -0.25) is 9.88 Å². The van der Waals surface area contributed by atoms with Crippen molar-refractivity contribution < 1.29 is 9.84 Å². The van der Waals surface area contributed by atoms with E-state index < -0.39 is 6.23 Å². The van der Waals surface area contributed by atoms with E-state index >= 15 is 0 Å². The summed E-state index contributed by atoms with van der Waals surface area (Å²) in [6, 6.07) is 17.5. The van der Waals surface area contributed by atoms with Gasteiger partial charge in [-0.25, -0.2) is 0 Å². The third-order valence-corrected chi connectivity index (χ3v) is 7.61. The van der Waals surface area contributed by atoms with E-state index in [1.165, 1.54) is 5.56 Å². The molecule has 2 saturated heterocycles. The first-order chi connectivity index (χ1) is 16.6. The van der Waals surface area contributed by atoms with Crippen LogP contribution < -0.4 is 10.1 Å². The Balaban J connectivity index is 1.23. The highest BCUT2D eigenvalue weighted by atomic mass is 35.5. The standard InChI is InChI=1S/C28H32ClN3O2/c1-34-23-11-12-27-25(16-23)24(26(29)18-31-27)17-28(33)32-21-9-10-22(32)15-20(14-21)30-13-5-8-19-6-3-2-4-7-19/h2-8,11-12,16,18,20-22,28,30,33H,9-10,13-15,17H2,1H3/b8-5+. The number of pyridine rings is 1. The van der Waals surface area contributed by atoms with Gasteiger partial charge in [-0.1, -0.05) is 54.1 Å². The number of nitrogens with zero attached hydrogens (tertiary/aromatic N) is 2. The van der Waals surface area contributed by atoms with Crippen LogP contribution in [-0.4, -0.2) is 53.0 Å². The van der Waals surface area contributed by atoms with Gasteiger partial charge in [0.2, 0.25) is 0 Å². The molecule has 3 aromatic rings. The van der Waals surface area contributed by atoms with Crippen LogP contribution in [0.1, 0.15) is 36.8 Å². The molecule has 1 aromatic heterocycles. The third kappa shape index (κ3) is 4.98. The number of fused-ring (bicyclic) bond motifs is 3. The number of aromatic nitrogens is 1. The quantitative estimate of drug-likeness (QED) is 0.475. The highest BCUT2D eigenvalue weighted by molar-refractivity contribution is 6.32. The molecule has 178 valence electrons. The van der Waals surface area contributed by atoms with E-state index in [1.807, 2.05) is 24.3 Å². The normalized spacial score (nSPS) is 23.6. The summed E-state index contributed by atoms with van der Waals surface area (Å²) in [7, 11) is 1.65. The first kappa shape index (κ1) is 23.3. The van der Waals surface area contributed by atoms with Crippen molar-refractivity contribution in [1.29, 1.82) is 0 Å². The molecule has 2 N–H and O–H groups in total. The monoisotopic (exact) mass is 477 g/mol. The molecule has 3 atom stereocenters. The summed E-state index contributed by atoms with van der Waals surface area (Å²) in [5.74, 6) is 0.764. The van der Waals surface area contributed by atoms with Gasteiger partial charge in [-0.05, 0) is 55.0 Å². The molecule has 34 heavy (non-hydrogen) atoms. The predicted octanol–water partition coefficient (Wildman–Crippen LogP) is 5.06. The Morgan fingerprint density at radius 3 is 2.68 bits per heavy atom. The zero-order chi connectivity index (χ0) is 23.5. The maximum Gasteiger partial charge on any atom is 0.119 e. The number of benzene rings is 2. The predicted molar refractivity (Wildman–Crippen MR) is 138 cm³/mol. The van der Waals surface area contributed by atoms with Crippen LogP contribution in [-0.2, 0) is 6.42 Å². The number of piperidine rings is 1. The molecule has 2 aliphatic rings. The molecule has 0 saturated carbocycles. The molecule has 6 heteroatoms. The lowest BCUT2D eigenvalue weighted by molar-refractivity contribution is -0.0509.